The number of benzene rings is 2. The summed E-state index contributed by atoms with van der Waals surface area (Å²) < 4.78 is 10.3. The molecular weight excluding hydrogens is 442 g/mol. The first-order valence-corrected chi connectivity index (χ1v) is 12.1. The van der Waals surface area contributed by atoms with Gasteiger partial charge < -0.3 is 4.74 Å². The molecule has 6 rings (SSSR count). The Hall–Kier alpha value is -3.23. The summed E-state index contributed by atoms with van der Waals surface area (Å²) in [5.41, 5.74) is 2.92. The molecule has 0 N–H and O–H groups in total. The van der Waals surface area contributed by atoms with E-state index < -0.39 is 0 Å². The van der Waals surface area contributed by atoms with Crippen molar-refractivity contribution in [2.45, 2.75) is 32.5 Å². The quantitative estimate of drug-likeness (QED) is 0.389. The van der Waals surface area contributed by atoms with Gasteiger partial charge in [0.25, 0.3) is 5.56 Å². The monoisotopic (exact) mass is 461 g/mol. The zero-order valence-corrected chi connectivity index (χ0v) is 18.7. The molecule has 0 amide bonds. The fourth-order valence-electron chi connectivity index (χ4n) is 4.36. The maximum atomic E-state index is 13.2. The maximum Gasteiger partial charge on any atom is 0.310 e. The Kier molecular flexibility index (Phi) is 4.69. The van der Waals surface area contributed by atoms with Crippen LogP contribution in [0.2, 0.25) is 0 Å². The fraction of sp³-hybridized carbons (Fsp3) is 0.208. The second-order valence-electron chi connectivity index (χ2n) is 7.86. The van der Waals surface area contributed by atoms with Gasteiger partial charge in [-0.05, 0) is 43.0 Å². The minimum absolute atomic E-state index is 0.00394. The average molecular weight is 462 g/mol. The molecule has 5 aromatic rings. The van der Waals surface area contributed by atoms with Gasteiger partial charge in [-0.1, -0.05) is 41.7 Å². The first-order chi connectivity index (χ1) is 15.7. The van der Waals surface area contributed by atoms with Crippen molar-refractivity contribution in [3.05, 3.63) is 90.9 Å². The summed E-state index contributed by atoms with van der Waals surface area (Å²) in [5, 5.41) is 0.777. The first-order valence-electron chi connectivity index (χ1n) is 10.5. The Morgan fingerprint density at radius 2 is 1.84 bits per heavy atom. The van der Waals surface area contributed by atoms with Crippen LogP contribution in [0.5, 0.6) is 5.75 Å². The highest BCUT2D eigenvalue weighted by Crippen LogP contribution is 2.34. The average Bonchev–Trinajstić information content (AvgIpc) is 3.47. The lowest BCUT2D eigenvalue weighted by Crippen LogP contribution is -2.22. The van der Waals surface area contributed by atoms with Crippen LogP contribution in [0.1, 0.15) is 22.4 Å². The summed E-state index contributed by atoms with van der Waals surface area (Å²) in [5.74, 6) is 0.650. The predicted molar refractivity (Wildman–Crippen MR) is 128 cm³/mol. The number of hydrogen-bond acceptors (Lipinski definition) is 6. The zero-order valence-electron chi connectivity index (χ0n) is 17.1. The van der Waals surface area contributed by atoms with Gasteiger partial charge in [-0.3, -0.25) is 18.7 Å². The molecule has 1 aliphatic carbocycles. The number of hydrogen-bond donors (Lipinski definition) is 0. The van der Waals surface area contributed by atoms with Crippen molar-refractivity contribution in [2.24, 2.45) is 0 Å². The molecule has 0 saturated heterocycles. The molecule has 3 heterocycles. The topological polar surface area (TPSA) is 66.1 Å². The van der Waals surface area contributed by atoms with Crippen molar-refractivity contribution >= 4 is 43.1 Å². The van der Waals surface area contributed by atoms with E-state index in [-0.39, 0.29) is 17.2 Å². The van der Waals surface area contributed by atoms with Gasteiger partial charge in [0.2, 0.25) is 0 Å². The Morgan fingerprint density at radius 1 is 1.00 bits per heavy atom. The molecule has 0 radical (unpaired) electrons. The third-order valence-corrected chi connectivity index (χ3v) is 8.09. The normalized spacial score (nSPS) is 13.1. The molecule has 0 aliphatic heterocycles. The smallest absolute Gasteiger partial charge is 0.310 e. The minimum atomic E-state index is -0.0548. The lowest BCUT2D eigenvalue weighted by atomic mass is 10.2. The summed E-state index contributed by atoms with van der Waals surface area (Å²) in [6.07, 6.45) is 4.74. The molecule has 1 aliphatic rings. The van der Waals surface area contributed by atoms with Crippen molar-refractivity contribution in [3.63, 3.8) is 0 Å². The van der Waals surface area contributed by atoms with Crippen molar-refractivity contribution in [3.8, 4) is 5.75 Å². The third kappa shape index (κ3) is 3.18. The van der Waals surface area contributed by atoms with E-state index in [4.69, 9.17) is 4.74 Å². The largest absolute Gasteiger partial charge is 0.472 e. The molecular formula is C24H19N3O3S2. The molecule has 3 aromatic heterocycles. The van der Waals surface area contributed by atoms with Crippen LogP contribution in [0.3, 0.4) is 0 Å². The maximum absolute atomic E-state index is 13.2. The number of rotatable bonds is 5. The second kappa shape index (κ2) is 7.72. The van der Waals surface area contributed by atoms with Crippen LogP contribution in [0.15, 0.2) is 64.4 Å². The van der Waals surface area contributed by atoms with E-state index in [9.17, 15) is 9.59 Å². The minimum Gasteiger partial charge on any atom is -0.472 e. The number of para-hydroxylation sites is 2. The SMILES string of the molecule is O=c1c2c3c(sc2ncn1Cc1ccccc1OCn1c(=O)sc2ccccc21)CCC3. The standard InChI is InChI=1S/C24H19N3O3S2/c28-23-21-16-7-5-11-19(16)31-22(21)25-13-26(23)12-15-6-1-3-9-18(15)30-14-27-17-8-2-4-10-20(17)32-24(27)29/h1-4,6,8-10,13H,5,7,11-12,14H2. The molecule has 8 heteroatoms. The third-order valence-electron chi connectivity index (χ3n) is 5.93. The molecule has 0 spiro atoms. The Balaban J connectivity index is 1.32. The number of thiophene rings is 1. The van der Waals surface area contributed by atoms with Gasteiger partial charge in [0.1, 0.15) is 10.6 Å². The molecule has 2 aromatic carbocycles. The highest BCUT2D eigenvalue weighted by Gasteiger charge is 2.21. The van der Waals surface area contributed by atoms with E-state index in [0.717, 1.165) is 45.3 Å². The fourth-order valence-corrected chi connectivity index (χ4v) is 6.46. The summed E-state index contributed by atoms with van der Waals surface area (Å²) in [4.78, 5) is 32.3. The van der Waals surface area contributed by atoms with Crippen LogP contribution in [0, 0.1) is 0 Å². The number of aryl methyl sites for hydroxylation is 2. The van der Waals surface area contributed by atoms with Crippen LogP contribution in [0.4, 0.5) is 0 Å². The van der Waals surface area contributed by atoms with Gasteiger partial charge in [-0.25, -0.2) is 4.98 Å². The first kappa shape index (κ1) is 19.5. The van der Waals surface area contributed by atoms with Gasteiger partial charge in [-0.15, -0.1) is 11.3 Å². The molecule has 0 atom stereocenters. The summed E-state index contributed by atoms with van der Waals surface area (Å²) >= 11 is 2.86. The van der Waals surface area contributed by atoms with Crippen LogP contribution in [0.25, 0.3) is 20.4 Å². The van der Waals surface area contributed by atoms with Gasteiger partial charge in [0.05, 0.1) is 28.5 Å². The van der Waals surface area contributed by atoms with Gasteiger partial charge >= 0.3 is 4.87 Å². The molecule has 0 unspecified atom stereocenters. The molecule has 6 nitrogen and oxygen atoms in total. The summed E-state index contributed by atoms with van der Waals surface area (Å²) in [6, 6.07) is 15.3. The summed E-state index contributed by atoms with van der Waals surface area (Å²) in [6.45, 7) is 0.478. The Labute approximate surface area is 191 Å². The van der Waals surface area contributed by atoms with Gasteiger partial charge in [0, 0.05) is 10.4 Å². The zero-order chi connectivity index (χ0) is 21.7. The number of nitrogens with zero attached hydrogens (tertiary/aromatic N) is 3. The van der Waals surface area contributed by atoms with E-state index >= 15 is 0 Å². The Morgan fingerprint density at radius 3 is 2.78 bits per heavy atom. The lowest BCUT2D eigenvalue weighted by molar-refractivity contribution is 0.236. The number of aromatic nitrogens is 3. The number of ether oxygens (including phenoxy) is 1. The van der Waals surface area contributed by atoms with Gasteiger partial charge in [-0.2, -0.15) is 0 Å². The molecule has 160 valence electrons. The highest BCUT2D eigenvalue weighted by molar-refractivity contribution is 7.18. The van der Waals surface area contributed by atoms with E-state index in [0.29, 0.717) is 12.3 Å². The van der Waals surface area contributed by atoms with Crippen molar-refractivity contribution in [2.75, 3.05) is 0 Å². The number of thiazole rings is 1. The van der Waals surface area contributed by atoms with E-state index in [1.807, 2.05) is 48.5 Å². The molecule has 0 bridgehead atoms. The van der Waals surface area contributed by atoms with Crippen LogP contribution < -0.4 is 15.2 Å². The van der Waals surface area contributed by atoms with E-state index in [1.165, 1.54) is 21.8 Å². The predicted octanol–water partition coefficient (Wildman–Crippen LogP) is 4.41. The highest BCUT2D eigenvalue weighted by atomic mass is 32.1. The molecule has 0 fully saturated rings. The van der Waals surface area contributed by atoms with Crippen molar-refractivity contribution in [1.82, 2.24) is 14.1 Å². The van der Waals surface area contributed by atoms with E-state index in [2.05, 4.69) is 4.98 Å². The summed E-state index contributed by atoms with van der Waals surface area (Å²) in [7, 11) is 0. The Bertz CT molecular complexity index is 1590. The van der Waals surface area contributed by atoms with Crippen LogP contribution in [-0.2, 0) is 26.1 Å². The van der Waals surface area contributed by atoms with Crippen LogP contribution in [-0.4, -0.2) is 14.1 Å². The lowest BCUT2D eigenvalue weighted by Gasteiger charge is -2.13. The van der Waals surface area contributed by atoms with Crippen molar-refractivity contribution in [1.29, 1.82) is 0 Å². The van der Waals surface area contributed by atoms with Crippen LogP contribution >= 0.6 is 22.7 Å². The number of fused-ring (bicyclic) bond motifs is 4. The van der Waals surface area contributed by atoms with Gasteiger partial charge in [0.15, 0.2) is 6.73 Å². The molecule has 0 saturated carbocycles. The van der Waals surface area contributed by atoms with E-state index in [1.54, 1.807) is 26.8 Å². The molecule has 32 heavy (non-hydrogen) atoms. The second-order valence-corrected chi connectivity index (χ2v) is 9.94. The van der Waals surface area contributed by atoms with Crippen molar-refractivity contribution < 1.29 is 4.74 Å².